The molecule has 0 fully saturated rings. The standard InChI is InChI=1S/C19H19ClN4O/c1-2-16-12-17(21-9-7-13-8-10-22-18(25)11-13)24-19(23-16)14-3-5-15(20)6-4-14/h3-6,8,10-12H,2,7,9H2,1H3,(H,22,25)(H,21,23,24). The Morgan fingerprint density at radius 2 is 1.92 bits per heavy atom. The number of aromatic nitrogens is 3. The van der Waals surface area contributed by atoms with Gasteiger partial charge in [0, 0.05) is 41.2 Å². The summed E-state index contributed by atoms with van der Waals surface area (Å²) >= 11 is 5.95. The number of hydrogen-bond donors (Lipinski definition) is 2. The second-order valence-corrected chi connectivity index (χ2v) is 6.10. The van der Waals surface area contributed by atoms with Crippen LogP contribution in [0.1, 0.15) is 18.2 Å². The molecule has 0 atom stereocenters. The van der Waals surface area contributed by atoms with E-state index in [-0.39, 0.29) is 5.56 Å². The van der Waals surface area contributed by atoms with Crippen LogP contribution in [0.2, 0.25) is 5.02 Å². The van der Waals surface area contributed by atoms with Gasteiger partial charge in [0.25, 0.3) is 0 Å². The summed E-state index contributed by atoms with van der Waals surface area (Å²) < 4.78 is 0. The average molecular weight is 355 g/mol. The molecule has 0 spiro atoms. The van der Waals surface area contributed by atoms with Crippen molar-refractivity contribution in [3.63, 3.8) is 0 Å². The van der Waals surface area contributed by atoms with E-state index in [4.69, 9.17) is 11.6 Å². The fraction of sp³-hybridized carbons (Fsp3) is 0.211. The van der Waals surface area contributed by atoms with Gasteiger partial charge in [-0.25, -0.2) is 9.97 Å². The predicted octanol–water partition coefficient (Wildman–Crippen LogP) is 3.70. The van der Waals surface area contributed by atoms with Crippen molar-refractivity contribution in [3.05, 3.63) is 75.3 Å². The molecule has 128 valence electrons. The fourth-order valence-corrected chi connectivity index (χ4v) is 2.60. The number of H-pyrrole nitrogens is 1. The van der Waals surface area contributed by atoms with Gasteiger partial charge in [-0.2, -0.15) is 0 Å². The first-order chi connectivity index (χ1) is 12.1. The molecular weight excluding hydrogens is 336 g/mol. The van der Waals surface area contributed by atoms with Gasteiger partial charge in [0.05, 0.1) is 0 Å². The lowest BCUT2D eigenvalue weighted by molar-refractivity contribution is 0.967. The van der Waals surface area contributed by atoms with Crippen LogP contribution in [0.25, 0.3) is 11.4 Å². The van der Waals surface area contributed by atoms with Gasteiger partial charge in [0.1, 0.15) is 5.82 Å². The van der Waals surface area contributed by atoms with Gasteiger partial charge in [-0.1, -0.05) is 18.5 Å². The molecule has 0 saturated heterocycles. The number of nitrogens with zero attached hydrogens (tertiary/aromatic N) is 2. The van der Waals surface area contributed by atoms with Crippen LogP contribution in [-0.4, -0.2) is 21.5 Å². The average Bonchev–Trinajstić information content (AvgIpc) is 2.62. The third kappa shape index (κ3) is 4.67. The molecule has 0 saturated carbocycles. The van der Waals surface area contributed by atoms with Crippen molar-refractivity contribution in [2.45, 2.75) is 19.8 Å². The van der Waals surface area contributed by atoms with Crippen LogP contribution in [0.3, 0.4) is 0 Å². The number of aryl methyl sites for hydroxylation is 1. The summed E-state index contributed by atoms with van der Waals surface area (Å²) in [6, 6.07) is 13.0. The van der Waals surface area contributed by atoms with Gasteiger partial charge in [-0.3, -0.25) is 4.79 Å². The minimum absolute atomic E-state index is 0.0853. The van der Waals surface area contributed by atoms with Crippen molar-refractivity contribution >= 4 is 17.4 Å². The smallest absolute Gasteiger partial charge is 0.248 e. The number of benzene rings is 1. The Kier molecular flexibility index (Phi) is 5.46. The van der Waals surface area contributed by atoms with Crippen molar-refractivity contribution in [3.8, 4) is 11.4 Å². The predicted molar refractivity (Wildman–Crippen MR) is 101 cm³/mol. The Hall–Kier alpha value is -2.66. The monoisotopic (exact) mass is 354 g/mol. The summed E-state index contributed by atoms with van der Waals surface area (Å²) in [4.78, 5) is 23.1. The highest BCUT2D eigenvalue weighted by atomic mass is 35.5. The highest BCUT2D eigenvalue weighted by Crippen LogP contribution is 2.20. The molecule has 1 aromatic carbocycles. The van der Waals surface area contributed by atoms with E-state index in [1.165, 1.54) is 0 Å². The van der Waals surface area contributed by atoms with Crippen LogP contribution >= 0.6 is 11.6 Å². The summed E-state index contributed by atoms with van der Waals surface area (Å²) in [7, 11) is 0. The largest absolute Gasteiger partial charge is 0.370 e. The third-order valence-corrected chi connectivity index (χ3v) is 4.06. The summed E-state index contributed by atoms with van der Waals surface area (Å²) in [5.74, 6) is 1.45. The fourth-order valence-electron chi connectivity index (χ4n) is 2.48. The molecule has 0 bridgehead atoms. The summed E-state index contributed by atoms with van der Waals surface area (Å²) in [5, 5.41) is 4.01. The van der Waals surface area contributed by atoms with Gasteiger partial charge in [-0.15, -0.1) is 0 Å². The van der Waals surface area contributed by atoms with E-state index in [0.29, 0.717) is 17.4 Å². The molecule has 25 heavy (non-hydrogen) atoms. The first-order valence-corrected chi connectivity index (χ1v) is 8.57. The van der Waals surface area contributed by atoms with E-state index < -0.39 is 0 Å². The second kappa shape index (κ2) is 7.94. The van der Waals surface area contributed by atoms with Crippen molar-refractivity contribution in [2.75, 3.05) is 11.9 Å². The number of halogens is 1. The van der Waals surface area contributed by atoms with E-state index in [0.717, 1.165) is 35.5 Å². The third-order valence-electron chi connectivity index (χ3n) is 3.80. The van der Waals surface area contributed by atoms with E-state index in [1.54, 1.807) is 12.3 Å². The van der Waals surface area contributed by atoms with Crippen LogP contribution in [0.4, 0.5) is 5.82 Å². The lowest BCUT2D eigenvalue weighted by Crippen LogP contribution is -2.10. The number of aromatic amines is 1. The second-order valence-electron chi connectivity index (χ2n) is 5.67. The first-order valence-electron chi connectivity index (χ1n) is 8.19. The minimum atomic E-state index is -0.0853. The first kappa shape index (κ1) is 17.2. The Bertz CT molecular complexity index is 906. The molecule has 0 aliphatic heterocycles. The molecule has 6 heteroatoms. The molecule has 5 nitrogen and oxygen atoms in total. The quantitative estimate of drug-likeness (QED) is 0.708. The minimum Gasteiger partial charge on any atom is -0.370 e. The Labute approximate surface area is 151 Å². The van der Waals surface area contributed by atoms with Crippen LogP contribution < -0.4 is 10.9 Å². The molecule has 0 unspecified atom stereocenters. The van der Waals surface area contributed by atoms with Crippen molar-refractivity contribution in [1.29, 1.82) is 0 Å². The number of hydrogen-bond acceptors (Lipinski definition) is 4. The summed E-state index contributed by atoms with van der Waals surface area (Å²) in [6.07, 6.45) is 3.23. The lowest BCUT2D eigenvalue weighted by atomic mass is 10.2. The van der Waals surface area contributed by atoms with Crippen LogP contribution in [-0.2, 0) is 12.8 Å². The molecule has 0 aliphatic carbocycles. The maximum atomic E-state index is 11.3. The zero-order valence-electron chi connectivity index (χ0n) is 13.9. The highest BCUT2D eigenvalue weighted by molar-refractivity contribution is 6.30. The van der Waals surface area contributed by atoms with Gasteiger partial charge in [-0.05, 0) is 48.7 Å². The maximum Gasteiger partial charge on any atom is 0.248 e. The number of anilines is 1. The molecule has 2 N–H and O–H groups in total. The molecular formula is C19H19ClN4O. The number of nitrogens with one attached hydrogen (secondary N) is 2. The highest BCUT2D eigenvalue weighted by Gasteiger charge is 2.06. The molecule has 2 aromatic heterocycles. The van der Waals surface area contributed by atoms with Crippen molar-refractivity contribution in [1.82, 2.24) is 15.0 Å². The van der Waals surface area contributed by atoms with E-state index in [2.05, 4.69) is 27.2 Å². The van der Waals surface area contributed by atoms with Crippen LogP contribution in [0.5, 0.6) is 0 Å². The van der Waals surface area contributed by atoms with Crippen LogP contribution in [0, 0.1) is 0 Å². The molecule has 3 rings (SSSR count). The maximum absolute atomic E-state index is 11.3. The van der Waals surface area contributed by atoms with E-state index >= 15 is 0 Å². The number of rotatable bonds is 6. The molecule has 3 aromatic rings. The molecule has 0 radical (unpaired) electrons. The lowest BCUT2D eigenvalue weighted by Gasteiger charge is -2.10. The molecule has 0 amide bonds. The van der Waals surface area contributed by atoms with Gasteiger partial charge in [0.15, 0.2) is 5.82 Å². The van der Waals surface area contributed by atoms with Crippen molar-refractivity contribution in [2.24, 2.45) is 0 Å². The summed E-state index contributed by atoms with van der Waals surface area (Å²) in [5.41, 5.74) is 2.80. The topological polar surface area (TPSA) is 70.7 Å². The zero-order chi connectivity index (χ0) is 17.6. The molecule has 2 heterocycles. The normalized spacial score (nSPS) is 10.6. The van der Waals surface area contributed by atoms with E-state index in [1.807, 2.05) is 36.4 Å². The summed E-state index contributed by atoms with van der Waals surface area (Å²) in [6.45, 7) is 2.75. The SMILES string of the molecule is CCc1cc(NCCc2cc[nH]c(=O)c2)nc(-c2ccc(Cl)cc2)n1. The van der Waals surface area contributed by atoms with Crippen molar-refractivity contribution < 1.29 is 0 Å². The molecule has 0 aliphatic rings. The Morgan fingerprint density at radius 3 is 2.64 bits per heavy atom. The Morgan fingerprint density at radius 1 is 1.12 bits per heavy atom. The zero-order valence-corrected chi connectivity index (χ0v) is 14.7. The van der Waals surface area contributed by atoms with E-state index in [9.17, 15) is 4.79 Å². The number of pyridine rings is 1. The Balaban J connectivity index is 1.75. The van der Waals surface area contributed by atoms with Crippen LogP contribution in [0.15, 0.2) is 53.5 Å². The van der Waals surface area contributed by atoms with Gasteiger partial charge in [0.2, 0.25) is 5.56 Å². The van der Waals surface area contributed by atoms with Gasteiger partial charge >= 0.3 is 0 Å². The van der Waals surface area contributed by atoms with Gasteiger partial charge < -0.3 is 10.3 Å².